The minimum Gasteiger partial charge on any atom is -0.361 e. The Morgan fingerprint density at radius 3 is 2.47 bits per heavy atom. The number of ketones is 1. The normalized spacial score (nSPS) is 14.6. The summed E-state index contributed by atoms with van der Waals surface area (Å²) in [4.78, 5) is 11.1. The lowest BCUT2D eigenvalue weighted by Crippen LogP contribution is -2.31. The zero-order valence-electron chi connectivity index (χ0n) is 9.06. The van der Waals surface area contributed by atoms with Crippen molar-refractivity contribution in [1.29, 1.82) is 0 Å². The fourth-order valence-corrected chi connectivity index (χ4v) is 1.51. The second-order valence-electron chi connectivity index (χ2n) is 3.46. The predicted octanol–water partition coefficient (Wildman–Crippen LogP) is 1.85. The first-order valence-corrected chi connectivity index (χ1v) is 5.00. The molecule has 0 aliphatic carbocycles. The maximum absolute atomic E-state index is 11.1. The van der Waals surface area contributed by atoms with Gasteiger partial charge in [-0.2, -0.15) is 0 Å². The molecule has 0 aliphatic rings. The Hall–Kier alpha value is -1.19. The molecule has 0 saturated heterocycles. The number of ether oxygens (including phenoxy) is 1. The Bertz CT molecular complexity index is 321. The molecule has 82 valence electrons. The quantitative estimate of drug-likeness (QED) is 0.751. The molecule has 1 rings (SSSR count). The molecule has 1 aromatic rings. The Morgan fingerprint density at radius 1 is 1.40 bits per heavy atom. The molecule has 1 N–H and O–H groups in total. The maximum Gasteiger partial charge on any atom is 0.199 e. The number of hydrogen-bond acceptors (Lipinski definition) is 3. The molecule has 0 spiro atoms. The third-order valence-corrected chi connectivity index (χ3v) is 2.10. The third-order valence-electron chi connectivity index (χ3n) is 2.10. The average Bonchev–Trinajstić information content (AvgIpc) is 2.18. The molecular formula is C12H16O3. The second kappa shape index (κ2) is 5.05. The number of Topliss-reactive ketones (excluding diaryl/α,β-unsaturated/α-hetero) is 1. The number of benzene rings is 1. The van der Waals surface area contributed by atoms with Crippen molar-refractivity contribution in [3.8, 4) is 0 Å². The minimum atomic E-state index is -1.48. The summed E-state index contributed by atoms with van der Waals surface area (Å²) in [5.74, 6) is -1.59. The van der Waals surface area contributed by atoms with Gasteiger partial charge >= 0.3 is 0 Å². The van der Waals surface area contributed by atoms with Gasteiger partial charge in [-0.25, -0.2) is 0 Å². The monoisotopic (exact) mass is 208 g/mol. The summed E-state index contributed by atoms with van der Waals surface area (Å²) in [6.07, 6.45) is -0.0230. The van der Waals surface area contributed by atoms with Gasteiger partial charge in [0.05, 0.1) is 6.42 Å². The van der Waals surface area contributed by atoms with Crippen molar-refractivity contribution in [3.05, 3.63) is 35.9 Å². The lowest BCUT2D eigenvalue weighted by Gasteiger charge is -2.27. The largest absolute Gasteiger partial charge is 0.361 e. The van der Waals surface area contributed by atoms with E-state index in [1.807, 2.05) is 6.07 Å². The first-order valence-electron chi connectivity index (χ1n) is 5.00. The van der Waals surface area contributed by atoms with Gasteiger partial charge in [0.2, 0.25) is 0 Å². The summed E-state index contributed by atoms with van der Waals surface area (Å²) in [6.45, 7) is 3.58. The fraction of sp³-hybridized carbons (Fsp3) is 0.417. The summed E-state index contributed by atoms with van der Waals surface area (Å²) in [6, 6.07) is 8.96. The van der Waals surface area contributed by atoms with Crippen LogP contribution in [0.5, 0.6) is 0 Å². The van der Waals surface area contributed by atoms with Crippen LogP contribution in [0.3, 0.4) is 0 Å². The maximum atomic E-state index is 11.1. The van der Waals surface area contributed by atoms with Crippen molar-refractivity contribution >= 4 is 5.78 Å². The van der Waals surface area contributed by atoms with Crippen LogP contribution in [0.1, 0.15) is 25.8 Å². The van der Waals surface area contributed by atoms with Gasteiger partial charge in [-0.15, -0.1) is 0 Å². The lowest BCUT2D eigenvalue weighted by atomic mass is 10.0. The highest BCUT2D eigenvalue weighted by Crippen LogP contribution is 2.26. The van der Waals surface area contributed by atoms with Gasteiger partial charge in [-0.05, 0) is 13.8 Å². The number of carbonyl (C=O) groups is 1. The molecule has 0 amide bonds. The summed E-state index contributed by atoms with van der Waals surface area (Å²) >= 11 is 0. The van der Waals surface area contributed by atoms with Crippen LogP contribution >= 0.6 is 0 Å². The van der Waals surface area contributed by atoms with E-state index in [4.69, 9.17) is 4.74 Å². The second-order valence-corrected chi connectivity index (χ2v) is 3.46. The molecule has 1 unspecified atom stereocenters. The molecule has 0 saturated carbocycles. The molecule has 0 heterocycles. The van der Waals surface area contributed by atoms with Crippen molar-refractivity contribution in [3.63, 3.8) is 0 Å². The molecule has 0 radical (unpaired) electrons. The van der Waals surface area contributed by atoms with Crippen LogP contribution in [0.4, 0.5) is 0 Å². The van der Waals surface area contributed by atoms with Gasteiger partial charge < -0.3 is 9.84 Å². The van der Waals surface area contributed by atoms with E-state index in [1.165, 1.54) is 6.92 Å². The van der Waals surface area contributed by atoms with Gasteiger partial charge in [0.15, 0.2) is 5.79 Å². The first kappa shape index (κ1) is 11.9. The van der Waals surface area contributed by atoms with E-state index in [9.17, 15) is 9.90 Å². The Morgan fingerprint density at radius 2 is 2.00 bits per heavy atom. The molecular weight excluding hydrogens is 192 g/mol. The number of carbonyl (C=O) groups excluding carboxylic acids is 1. The fourth-order valence-electron chi connectivity index (χ4n) is 1.51. The molecule has 0 aliphatic heterocycles. The van der Waals surface area contributed by atoms with Crippen LogP contribution in [0.25, 0.3) is 0 Å². The predicted molar refractivity (Wildman–Crippen MR) is 57.3 cm³/mol. The van der Waals surface area contributed by atoms with Gasteiger partial charge in [0.1, 0.15) is 5.78 Å². The van der Waals surface area contributed by atoms with Crippen LogP contribution in [-0.2, 0) is 15.3 Å². The third kappa shape index (κ3) is 3.15. The molecule has 0 aromatic heterocycles. The SMILES string of the molecule is CCOC(O)(CC(C)=O)c1ccccc1. The highest BCUT2D eigenvalue weighted by atomic mass is 16.6. The summed E-state index contributed by atoms with van der Waals surface area (Å²) in [5, 5.41) is 10.2. The summed E-state index contributed by atoms with van der Waals surface area (Å²) in [7, 11) is 0. The molecule has 0 bridgehead atoms. The standard InChI is InChI=1S/C12H16O3/c1-3-15-12(14,9-10(2)13)11-7-5-4-6-8-11/h4-8,14H,3,9H2,1-2H3. The van der Waals surface area contributed by atoms with Gasteiger partial charge in [0.25, 0.3) is 0 Å². The average molecular weight is 208 g/mol. The van der Waals surface area contributed by atoms with Crippen LogP contribution in [0.15, 0.2) is 30.3 Å². The number of hydrogen-bond donors (Lipinski definition) is 1. The van der Waals surface area contributed by atoms with E-state index in [1.54, 1.807) is 31.2 Å². The van der Waals surface area contributed by atoms with E-state index >= 15 is 0 Å². The van der Waals surface area contributed by atoms with E-state index in [2.05, 4.69) is 0 Å². The highest BCUT2D eigenvalue weighted by molar-refractivity contribution is 5.76. The number of aliphatic hydroxyl groups is 1. The van der Waals surface area contributed by atoms with Crippen molar-refractivity contribution in [1.82, 2.24) is 0 Å². The van der Waals surface area contributed by atoms with E-state index in [0.717, 1.165) is 0 Å². The molecule has 3 heteroatoms. The van der Waals surface area contributed by atoms with Gasteiger partial charge in [0, 0.05) is 12.2 Å². The molecule has 15 heavy (non-hydrogen) atoms. The number of rotatable bonds is 5. The van der Waals surface area contributed by atoms with Crippen LogP contribution in [0.2, 0.25) is 0 Å². The Balaban J connectivity index is 2.95. The van der Waals surface area contributed by atoms with Gasteiger partial charge in [-0.1, -0.05) is 30.3 Å². The Kier molecular flexibility index (Phi) is 4.00. The van der Waals surface area contributed by atoms with Gasteiger partial charge in [-0.3, -0.25) is 4.79 Å². The smallest absolute Gasteiger partial charge is 0.199 e. The molecule has 0 fully saturated rings. The topological polar surface area (TPSA) is 46.5 Å². The van der Waals surface area contributed by atoms with Crippen LogP contribution in [0, 0.1) is 0 Å². The highest BCUT2D eigenvalue weighted by Gasteiger charge is 2.31. The van der Waals surface area contributed by atoms with Crippen molar-refractivity contribution in [2.75, 3.05) is 6.61 Å². The van der Waals surface area contributed by atoms with Crippen molar-refractivity contribution in [2.24, 2.45) is 0 Å². The molecule has 1 aromatic carbocycles. The van der Waals surface area contributed by atoms with E-state index < -0.39 is 5.79 Å². The molecule has 3 nitrogen and oxygen atoms in total. The van der Waals surface area contributed by atoms with Crippen LogP contribution < -0.4 is 0 Å². The minimum absolute atomic E-state index is 0.0230. The zero-order chi connectivity index (χ0) is 11.3. The van der Waals surface area contributed by atoms with Crippen LogP contribution in [-0.4, -0.2) is 17.5 Å². The summed E-state index contributed by atoms with van der Waals surface area (Å²) < 4.78 is 5.26. The van der Waals surface area contributed by atoms with E-state index in [-0.39, 0.29) is 12.2 Å². The van der Waals surface area contributed by atoms with Crippen molar-refractivity contribution < 1.29 is 14.6 Å². The Labute approximate surface area is 89.7 Å². The molecule has 1 atom stereocenters. The summed E-state index contributed by atoms with van der Waals surface area (Å²) in [5.41, 5.74) is 0.613. The zero-order valence-corrected chi connectivity index (χ0v) is 9.06. The first-order chi connectivity index (χ1) is 7.08. The van der Waals surface area contributed by atoms with E-state index in [0.29, 0.717) is 12.2 Å². The lowest BCUT2D eigenvalue weighted by molar-refractivity contribution is -0.212. The van der Waals surface area contributed by atoms with Crippen molar-refractivity contribution in [2.45, 2.75) is 26.1 Å².